The molecule has 1 aromatic carbocycles. The molecule has 0 spiro atoms. The van der Waals surface area contributed by atoms with Crippen molar-refractivity contribution in [1.82, 2.24) is 10.7 Å². The Hall–Kier alpha value is -1.88. The number of nitrogens with zero attached hydrogens (tertiary/aromatic N) is 1. The van der Waals surface area contributed by atoms with Crippen molar-refractivity contribution in [2.45, 2.75) is 40.0 Å². The fourth-order valence-corrected chi connectivity index (χ4v) is 3.22. The van der Waals surface area contributed by atoms with Crippen molar-refractivity contribution >= 4 is 17.8 Å². The third kappa shape index (κ3) is 8.99. The lowest BCUT2D eigenvalue weighted by Gasteiger charge is -2.21. The topological polar surface area (TPSA) is 56.7 Å². The highest BCUT2D eigenvalue weighted by Crippen LogP contribution is 2.28. The van der Waals surface area contributed by atoms with Gasteiger partial charge in [-0.2, -0.15) is 5.10 Å². The van der Waals surface area contributed by atoms with Crippen LogP contribution >= 0.6 is 11.6 Å². The standard InChI is InChI=1S/C22H30ClN3O.C2H6/c1-3-4-18(6-5-17(2)20-11-12-25-26-15-20)22(16-24-13-14-27)19-7-9-21(23)10-8-19;1-2/h4-12,15,17,20,22,24-25,27H,3,13-14,16H2,1-2H3;1-2H3/b6-5-,18-4+;. The van der Waals surface area contributed by atoms with E-state index in [0.717, 1.165) is 18.0 Å². The van der Waals surface area contributed by atoms with Gasteiger partial charge in [0.15, 0.2) is 0 Å². The number of rotatable bonds is 10. The van der Waals surface area contributed by atoms with Crippen LogP contribution in [-0.2, 0) is 0 Å². The van der Waals surface area contributed by atoms with Gasteiger partial charge in [0, 0.05) is 42.4 Å². The highest BCUT2D eigenvalue weighted by atomic mass is 35.5. The minimum Gasteiger partial charge on any atom is -0.395 e. The molecule has 0 aromatic heterocycles. The molecule has 3 unspecified atom stereocenters. The van der Waals surface area contributed by atoms with E-state index in [1.165, 1.54) is 11.1 Å². The maximum Gasteiger partial charge on any atom is 0.0555 e. The molecule has 0 amide bonds. The maximum atomic E-state index is 9.12. The van der Waals surface area contributed by atoms with Gasteiger partial charge in [-0.25, -0.2) is 0 Å². The average Bonchev–Trinajstić information content (AvgIpc) is 2.77. The smallest absolute Gasteiger partial charge is 0.0555 e. The van der Waals surface area contributed by atoms with Gasteiger partial charge in [-0.15, -0.1) is 0 Å². The summed E-state index contributed by atoms with van der Waals surface area (Å²) in [5, 5.41) is 17.3. The van der Waals surface area contributed by atoms with Gasteiger partial charge in [0.1, 0.15) is 0 Å². The highest BCUT2D eigenvalue weighted by molar-refractivity contribution is 6.30. The Morgan fingerprint density at radius 1 is 1.31 bits per heavy atom. The first-order chi connectivity index (χ1) is 14.2. The van der Waals surface area contributed by atoms with Gasteiger partial charge >= 0.3 is 0 Å². The molecule has 29 heavy (non-hydrogen) atoms. The first kappa shape index (κ1) is 25.2. The number of hydrazone groups is 1. The van der Waals surface area contributed by atoms with Crippen LogP contribution in [0.2, 0.25) is 5.02 Å². The van der Waals surface area contributed by atoms with Gasteiger partial charge in [0.2, 0.25) is 0 Å². The minimum atomic E-state index is 0.133. The third-order valence-electron chi connectivity index (χ3n) is 4.67. The van der Waals surface area contributed by atoms with E-state index in [0.29, 0.717) is 18.4 Å². The van der Waals surface area contributed by atoms with Crippen LogP contribution < -0.4 is 10.7 Å². The predicted molar refractivity (Wildman–Crippen MR) is 126 cm³/mol. The van der Waals surface area contributed by atoms with Gasteiger partial charge in [0.25, 0.3) is 0 Å². The van der Waals surface area contributed by atoms with E-state index in [2.05, 4.69) is 66.1 Å². The third-order valence-corrected chi connectivity index (χ3v) is 4.92. The number of allylic oxidation sites excluding steroid dienone is 4. The number of hydrogen-bond acceptors (Lipinski definition) is 4. The molecule has 3 N–H and O–H groups in total. The number of halogens is 1. The summed E-state index contributed by atoms with van der Waals surface area (Å²) in [6.45, 7) is 9.84. The molecule has 160 valence electrons. The molecule has 3 atom stereocenters. The van der Waals surface area contributed by atoms with Crippen molar-refractivity contribution in [2.75, 3.05) is 19.7 Å². The van der Waals surface area contributed by atoms with E-state index in [9.17, 15) is 0 Å². The van der Waals surface area contributed by atoms with Crippen molar-refractivity contribution in [1.29, 1.82) is 0 Å². The van der Waals surface area contributed by atoms with Crippen LogP contribution in [0, 0.1) is 11.8 Å². The van der Waals surface area contributed by atoms with E-state index < -0.39 is 0 Å². The summed E-state index contributed by atoms with van der Waals surface area (Å²) in [6, 6.07) is 8.03. The lowest BCUT2D eigenvalue weighted by Crippen LogP contribution is -2.25. The summed E-state index contributed by atoms with van der Waals surface area (Å²) in [5.74, 6) is 0.852. The molecular weight excluding hydrogens is 382 g/mol. The van der Waals surface area contributed by atoms with Crippen LogP contribution in [0.25, 0.3) is 0 Å². The summed E-state index contributed by atoms with van der Waals surface area (Å²) in [7, 11) is 0. The molecule has 0 radical (unpaired) electrons. The molecular formula is C24H36ClN3O. The largest absolute Gasteiger partial charge is 0.395 e. The molecule has 0 fully saturated rings. The average molecular weight is 418 g/mol. The van der Waals surface area contributed by atoms with Crippen molar-refractivity contribution < 1.29 is 5.11 Å². The highest BCUT2D eigenvalue weighted by Gasteiger charge is 2.16. The Bertz CT molecular complexity index is 668. The summed E-state index contributed by atoms with van der Waals surface area (Å²) in [6.07, 6.45) is 13.7. The quantitative estimate of drug-likeness (QED) is 0.358. The molecule has 1 aromatic rings. The molecule has 2 rings (SSSR count). The summed E-state index contributed by atoms with van der Waals surface area (Å²) < 4.78 is 0. The van der Waals surface area contributed by atoms with Crippen LogP contribution in [0.4, 0.5) is 0 Å². The molecule has 4 nitrogen and oxygen atoms in total. The first-order valence-corrected chi connectivity index (χ1v) is 10.9. The second-order valence-electron chi connectivity index (χ2n) is 6.71. The van der Waals surface area contributed by atoms with Crippen LogP contribution in [0.15, 0.2) is 65.4 Å². The van der Waals surface area contributed by atoms with Crippen LogP contribution in [0.1, 0.15) is 45.6 Å². The maximum absolute atomic E-state index is 9.12. The second-order valence-corrected chi connectivity index (χ2v) is 7.14. The van der Waals surface area contributed by atoms with Crippen molar-refractivity contribution in [2.24, 2.45) is 16.9 Å². The van der Waals surface area contributed by atoms with Crippen molar-refractivity contribution in [3.63, 3.8) is 0 Å². The molecule has 0 saturated carbocycles. The van der Waals surface area contributed by atoms with E-state index in [1.807, 2.05) is 38.4 Å². The zero-order chi connectivity index (χ0) is 21.5. The summed E-state index contributed by atoms with van der Waals surface area (Å²) >= 11 is 6.07. The lowest BCUT2D eigenvalue weighted by atomic mass is 9.87. The van der Waals surface area contributed by atoms with E-state index >= 15 is 0 Å². The Labute approximate surface area is 181 Å². The van der Waals surface area contributed by atoms with E-state index in [4.69, 9.17) is 16.7 Å². The molecule has 1 aliphatic rings. The molecule has 1 heterocycles. The number of aliphatic hydroxyl groups excluding tert-OH is 1. The summed E-state index contributed by atoms with van der Waals surface area (Å²) in [5.41, 5.74) is 5.33. The van der Waals surface area contributed by atoms with Crippen LogP contribution in [-0.4, -0.2) is 31.0 Å². The fraction of sp³-hybridized carbons (Fsp3) is 0.458. The Balaban J connectivity index is 0.00000204. The van der Waals surface area contributed by atoms with Gasteiger partial charge in [-0.05, 0) is 35.6 Å². The van der Waals surface area contributed by atoms with Crippen LogP contribution in [0.3, 0.4) is 0 Å². The van der Waals surface area contributed by atoms with E-state index in [-0.39, 0.29) is 12.5 Å². The van der Waals surface area contributed by atoms with Gasteiger partial charge in [0.05, 0.1) is 6.61 Å². The predicted octanol–water partition coefficient (Wildman–Crippen LogP) is 5.28. The van der Waals surface area contributed by atoms with Crippen molar-refractivity contribution in [3.05, 3.63) is 70.9 Å². The molecule has 1 aliphatic heterocycles. The fourth-order valence-electron chi connectivity index (χ4n) is 3.09. The normalized spacial score (nSPS) is 18.1. The van der Waals surface area contributed by atoms with Crippen molar-refractivity contribution in [3.8, 4) is 0 Å². The Morgan fingerprint density at radius 3 is 2.62 bits per heavy atom. The molecule has 0 aliphatic carbocycles. The van der Waals surface area contributed by atoms with E-state index in [1.54, 1.807) is 0 Å². The second kappa shape index (κ2) is 15.0. The first-order valence-electron chi connectivity index (χ1n) is 10.6. The number of aliphatic hydroxyl groups is 1. The Morgan fingerprint density at radius 2 is 2.03 bits per heavy atom. The Kier molecular flexibility index (Phi) is 13.0. The van der Waals surface area contributed by atoms with Gasteiger partial charge in [-0.1, -0.05) is 75.7 Å². The molecule has 0 bridgehead atoms. The monoisotopic (exact) mass is 417 g/mol. The van der Waals surface area contributed by atoms with Gasteiger partial charge < -0.3 is 10.4 Å². The number of benzene rings is 1. The molecule has 0 saturated heterocycles. The number of hydrogen-bond donors (Lipinski definition) is 3. The van der Waals surface area contributed by atoms with Crippen LogP contribution in [0.5, 0.6) is 0 Å². The zero-order valence-corrected chi connectivity index (χ0v) is 18.9. The SMILES string of the molecule is CC.CC/C=C(\C=C/C(C)C1C=CNN=C1)C(CNCCO)c1ccc(Cl)cc1. The molecule has 5 heteroatoms. The minimum absolute atomic E-state index is 0.133. The van der Waals surface area contributed by atoms with Gasteiger partial charge in [-0.3, -0.25) is 5.43 Å². The zero-order valence-electron chi connectivity index (χ0n) is 18.1. The summed E-state index contributed by atoms with van der Waals surface area (Å²) in [4.78, 5) is 0. The number of nitrogens with one attached hydrogen (secondary N) is 2. The lowest BCUT2D eigenvalue weighted by molar-refractivity contribution is 0.292.